The fourth-order valence-electron chi connectivity index (χ4n) is 1.52. The van der Waals surface area contributed by atoms with E-state index in [1.165, 1.54) is 0 Å². The normalized spacial score (nSPS) is 10.2. The number of ether oxygens (including phenoxy) is 2. The molecule has 1 aromatic carbocycles. The van der Waals surface area contributed by atoms with E-state index >= 15 is 0 Å². The van der Waals surface area contributed by atoms with Gasteiger partial charge in [0.1, 0.15) is 0 Å². The lowest BCUT2D eigenvalue weighted by Gasteiger charge is -2.09. The second-order valence-corrected chi connectivity index (χ2v) is 3.72. The molecule has 5 nitrogen and oxygen atoms in total. The summed E-state index contributed by atoms with van der Waals surface area (Å²) in [6.07, 6.45) is 1.67. The molecule has 0 bridgehead atoms. The van der Waals surface area contributed by atoms with Gasteiger partial charge in [0.15, 0.2) is 11.5 Å². The summed E-state index contributed by atoms with van der Waals surface area (Å²) < 4.78 is 10.8. The fraction of sp³-hybridized carbons (Fsp3) is 0.231. The van der Waals surface area contributed by atoms with Gasteiger partial charge in [-0.15, -0.1) is 0 Å². The Morgan fingerprint density at radius 2 is 1.94 bits per heavy atom. The van der Waals surface area contributed by atoms with Crippen molar-refractivity contribution in [3.63, 3.8) is 0 Å². The average Bonchev–Trinajstić information content (AvgIpc) is 2.39. The summed E-state index contributed by atoms with van der Waals surface area (Å²) in [6.45, 7) is 2.29. The lowest BCUT2D eigenvalue weighted by molar-refractivity contribution is 0.367. The fourth-order valence-corrected chi connectivity index (χ4v) is 1.52. The standard InChI is InChI=1S/C13H15N3O2/c1-9-10(7-14)8-15-13(16-9)18-12-6-4-3-5-11(12)17-2/h3-6,8H,7,14H2,1-2H3. The molecule has 1 heterocycles. The molecular formula is C13H15N3O2. The SMILES string of the molecule is COc1ccccc1Oc1ncc(CN)c(C)n1. The van der Waals surface area contributed by atoms with Crippen LogP contribution >= 0.6 is 0 Å². The molecule has 0 saturated carbocycles. The molecule has 2 aromatic rings. The van der Waals surface area contributed by atoms with Gasteiger partial charge in [-0.1, -0.05) is 12.1 Å². The van der Waals surface area contributed by atoms with Crippen LogP contribution in [0.5, 0.6) is 17.5 Å². The van der Waals surface area contributed by atoms with Crippen LogP contribution in [-0.4, -0.2) is 17.1 Å². The third-order valence-electron chi connectivity index (χ3n) is 2.55. The molecule has 1 aromatic heterocycles. The van der Waals surface area contributed by atoms with Crippen molar-refractivity contribution in [3.05, 3.63) is 41.7 Å². The lowest BCUT2D eigenvalue weighted by atomic mass is 10.2. The van der Waals surface area contributed by atoms with Crippen molar-refractivity contribution in [2.45, 2.75) is 13.5 Å². The quantitative estimate of drug-likeness (QED) is 0.892. The Balaban J connectivity index is 2.26. The van der Waals surface area contributed by atoms with E-state index < -0.39 is 0 Å². The van der Waals surface area contributed by atoms with Crippen LogP contribution in [0, 0.1) is 6.92 Å². The van der Waals surface area contributed by atoms with Gasteiger partial charge in [-0.05, 0) is 19.1 Å². The minimum absolute atomic E-state index is 0.286. The van der Waals surface area contributed by atoms with Crippen LogP contribution in [0.25, 0.3) is 0 Å². The molecule has 0 amide bonds. The Morgan fingerprint density at radius 1 is 1.22 bits per heavy atom. The van der Waals surface area contributed by atoms with Crippen molar-refractivity contribution in [2.75, 3.05) is 7.11 Å². The Bertz CT molecular complexity index is 544. The summed E-state index contributed by atoms with van der Waals surface area (Å²) in [5.74, 6) is 1.22. The summed E-state index contributed by atoms with van der Waals surface area (Å²) in [5, 5.41) is 0. The molecule has 0 saturated heterocycles. The van der Waals surface area contributed by atoms with Gasteiger partial charge >= 0.3 is 6.01 Å². The molecule has 0 fully saturated rings. The molecule has 18 heavy (non-hydrogen) atoms. The van der Waals surface area contributed by atoms with Crippen LogP contribution in [0.3, 0.4) is 0 Å². The van der Waals surface area contributed by atoms with Crippen molar-refractivity contribution >= 4 is 0 Å². The third kappa shape index (κ3) is 2.57. The second kappa shape index (κ2) is 5.46. The summed E-state index contributed by atoms with van der Waals surface area (Å²) in [6, 6.07) is 7.63. The zero-order valence-corrected chi connectivity index (χ0v) is 10.4. The highest BCUT2D eigenvalue weighted by atomic mass is 16.5. The van der Waals surface area contributed by atoms with Crippen molar-refractivity contribution < 1.29 is 9.47 Å². The summed E-state index contributed by atoms with van der Waals surface area (Å²) in [4.78, 5) is 8.36. The molecule has 0 spiro atoms. The maximum atomic E-state index is 5.59. The van der Waals surface area contributed by atoms with Crippen molar-refractivity contribution in [3.8, 4) is 17.5 Å². The average molecular weight is 245 g/mol. The first-order valence-electron chi connectivity index (χ1n) is 5.58. The van der Waals surface area contributed by atoms with E-state index in [-0.39, 0.29) is 6.01 Å². The number of para-hydroxylation sites is 2. The zero-order chi connectivity index (χ0) is 13.0. The summed E-state index contributed by atoms with van der Waals surface area (Å²) >= 11 is 0. The molecular weight excluding hydrogens is 230 g/mol. The maximum absolute atomic E-state index is 5.59. The molecule has 0 unspecified atom stereocenters. The van der Waals surface area contributed by atoms with Crippen LogP contribution in [0.15, 0.2) is 30.5 Å². The largest absolute Gasteiger partial charge is 0.493 e. The smallest absolute Gasteiger partial charge is 0.322 e. The number of aromatic nitrogens is 2. The Hall–Kier alpha value is -2.14. The first kappa shape index (κ1) is 12.3. The first-order valence-corrected chi connectivity index (χ1v) is 5.58. The molecule has 0 radical (unpaired) electrons. The predicted octanol–water partition coefficient (Wildman–Crippen LogP) is 2.04. The van der Waals surface area contributed by atoms with E-state index in [1.807, 2.05) is 25.1 Å². The molecule has 0 aliphatic carbocycles. The van der Waals surface area contributed by atoms with Crippen LogP contribution in [0.4, 0.5) is 0 Å². The highest BCUT2D eigenvalue weighted by Gasteiger charge is 2.07. The van der Waals surface area contributed by atoms with Gasteiger partial charge in [-0.2, -0.15) is 4.98 Å². The van der Waals surface area contributed by atoms with Crippen LogP contribution in [0.1, 0.15) is 11.3 Å². The van der Waals surface area contributed by atoms with Gasteiger partial charge < -0.3 is 15.2 Å². The van der Waals surface area contributed by atoms with E-state index in [1.54, 1.807) is 19.4 Å². The van der Waals surface area contributed by atoms with Crippen molar-refractivity contribution in [1.82, 2.24) is 9.97 Å². The lowest BCUT2D eigenvalue weighted by Crippen LogP contribution is -2.03. The third-order valence-corrected chi connectivity index (χ3v) is 2.55. The van der Waals surface area contributed by atoms with E-state index in [0.29, 0.717) is 18.0 Å². The first-order chi connectivity index (χ1) is 8.74. The van der Waals surface area contributed by atoms with Gasteiger partial charge in [0.2, 0.25) is 0 Å². The van der Waals surface area contributed by atoms with Crippen LogP contribution in [0.2, 0.25) is 0 Å². The van der Waals surface area contributed by atoms with E-state index in [4.69, 9.17) is 15.2 Å². The number of benzene rings is 1. The molecule has 94 valence electrons. The number of nitrogens with two attached hydrogens (primary N) is 1. The van der Waals surface area contributed by atoms with Gasteiger partial charge in [-0.3, -0.25) is 0 Å². The van der Waals surface area contributed by atoms with Gasteiger partial charge in [0.05, 0.1) is 7.11 Å². The van der Waals surface area contributed by atoms with Gasteiger partial charge in [0.25, 0.3) is 0 Å². The molecule has 0 atom stereocenters. The topological polar surface area (TPSA) is 70.3 Å². The Morgan fingerprint density at radius 3 is 2.56 bits per heavy atom. The number of hydrogen-bond donors (Lipinski definition) is 1. The van der Waals surface area contributed by atoms with E-state index in [2.05, 4.69) is 9.97 Å². The number of methoxy groups -OCH3 is 1. The summed E-state index contributed by atoms with van der Waals surface area (Å²) in [5.41, 5.74) is 7.28. The van der Waals surface area contributed by atoms with Gasteiger partial charge in [-0.25, -0.2) is 4.98 Å². The Labute approximate surface area is 106 Å². The maximum Gasteiger partial charge on any atom is 0.322 e. The van der Waals surface area contributed by atoms with E-state index in [0.717, 1.165) is 11.3 Å². The van der Waals surface area contributed by atoms with Gasteiger partial charge in [0, 0.05) is 24.0 Å². The minimum atomic E-state index is 0.286. The molecule has 2 rings (SSSR count). The predicted molar refractivity (Wildman–Crippen MR) is 67.7 cm³/mol. The monoisotopic (exact) mass is 245 g/mol. The molecule has 2 N–H and O–H groups in total. The Kier molecular flexibility index (Phi) is 3.74. The number of nitrogens with zero attached hydrogens (tertiary/aromatic N) is 2. The van der Waals surface area contributed by atoms with Crippen LogP contribution in [-0.2, 0) is 6.54 Å². The van der Waals surface area contributed by atoms with Crippen molar-refractivity contribution in [1.29, 1.82) is 0 Å². The highest BCUT2D eigenvalue weighted by molar-refractivity contribution is 5.40. The second-order valence-electron chi connectivity index (χ2n) is 3.72. The number of rotatable bonds is 4. The number of aryl methyl sites for hydroxylation is 1. The van der Waals surface area contributed by atoms with E-state index in [9.17, 15) is 0 Å². The zero-order valence-electron chi connectivity index (χ0n) is 10.4. The molecule has 5 heteroatoms. The molecule has 0 aliphatic heterocycles. The number of hydrogen-bond acceptors (Lipinski definition) is 5. The summed E-state index contributed by atoms with van der Waals surface area (Å²) in [7, 11) is 1.59. The minimum Gasteiger partial charge on any atom is -0.493 e. The highest BCUT2D eigenvalue weighted by Crippen LogP contribution is 2.29. The molecule has 0 aliphatic rings. The van der Waals surface area contributed by atoms with Crippen LogP contribution < -0.4 is 15.2 Å². The van der Waals surface area contributed by atoms with Crippen molar-refractivity contribution in [2.24, 2.45) is 5.73 Å².